The van der Waals surface area contributed by atoms with Gasteiger partial charge in [0.25, 0.3) is 0 Å². The molecule has 0 amide bonds. The maximum atomic E-state index is 10.6. The lowest BCUT2D eigenvalue weighted by Gasteiger charge is -2.35. The molecule has 0 saturated carbocycles. The highest BCUT2D eigenvalue weighted by Crippen LogP contribution is 2.33. The first kappa shape index (κ1) is 27.6. The summed E-state index contributed by atoms with van der Waals surface area (Å²) in [6.07, 6.45) is 7.44. The summed E-state index contributed by atoms with van der Waals surface area (Å²) in [5.41, 5.74) is 2.56. The van der Waals surface area contributed by atoms with E-state index in [0.717, 1.165) is 53.5 Å². The highest BCUT2D eigenvalue weighted by molar-refractivity contribution is 7.17. The fourth-order valence-electron chi connectivity index (χ4n) is 4.38. The third-order valence-corrected chi connectivity index (χ3v) is 7.85. The number of aromatic nitrogens is 2. The highest BCUT2D eigenvalue weighted by Gasteiger charge is 2.22. The van der Waals surface area contributed by atoms with Crippen LogP contribution in [0.1, 0.15) is 15.3 Å². The van der Waals surface area contributed by atoms with E-state index in [1.807, 2.05) is 49.6 Å². The number of rotatable bonds is 7. The van der Waals surface area contributed by atoms with Crippen molar-refractivity contribution in [2.24, 2.45) is 0 Å². The van der Waals surface area contributed by atoms with Crippen molar-refractivity contribution in [2.45, 2.75) is 20.0 Å². The van der Waals surface area contributed by atoms with Crippen LogP contribution in [0.5, 0.6) is 5.75 Å². The van der Waals surface area contributed by atoms with Crippen LogP contribution in [0.4, 0.5) is 5.82 Å². The monoisotopic (exact) mass is 550 g/mol. The maximum Gasteiger partial charge on any atom is 0.178 e. The number of fused-ring (bicyclic) bond motifs is 2. The molecule has 0 unspecified atom stereocenters. The minimum atomic E-state index is -0.564. The van der Waals surface area contributed by atoms with E-state index < -0.39 is 6.10 Å². The van der Waals surface area contributed by atoms with Crippen molar-refractivity contribution in [1.29, 1.82) is 0 Å². The number of hydrogen-bond donors (Lipinski definition) is 1. The fourth-order valence-corrected chi connectivity index (χ4v) is 5.99. The Morgan fingerprint density at radius 3 is 2.68 bits per heavy atom. The van der Waals surface area contributed by atoms with Gasteiger partial charge in [-0.1, -0.05) is 43.3 Å². The Bertz CT molecular complexity index is 1460. The summed E-state index contributed by atoms with van der Waals surface area (Å²) < 4.78 is 18.2. The average Bonchev–Trinajstić information content (AvgIpc) is 3.71. The number of thiophene rings is 1. The van der Waals surface area contributed by atoms with E-state index in [2.05, 4.69) is 56.4 Å². The molecular weight excluding hydrogens is 516 g/mol. The summed E-state index contributed by atoms with van der Waals surface area (Å²) in [6, 6.07) is 18.1. The highest BCUT2D eigenvalue weighted by atomic mass is 32.1. The zero-order valence-corrected chi connectivity index (χ0v) is 23.3. The maximum absolute atomic E-state index is 10.6. The Morgan fingerprint density at radius 2 is 1.87 bits per heavy atom. The lowest BCUT2D eigenvalue weighted by molar-refractivity contribution is 0.0663. The van der Waals surface area contributed by atoms with Crippen molar-refractivity contribution in [3.05, 3.63) is 60.0 Å². The van der Waals surface area contributed by atoms with Crippen molar-refractivity contribution in [3.63, 3.8) is 0 Å². The van der Waals surface area contributed by atoms with Gasteiger partial charge in [-0.3, -0.25) is 4.90 Å². The van der Waals surface area contributed by atoms with Gasteiger partial charge in [0.05, 0.1) is 4.70 Å². The van der Waals surface area contributed by atoms with Crippen LogP contribution in [-0.4, -0.2) is 65.0 Å². The molecule has 1 N–H and O–H groups in total. The fraction of sp³-hybridized carbons (Fsp3) is 0.310. The minimum Gasteiger partial charge on any atom is -0.491 e. The number of terminal acetylenes is 1. The topological polar surface area (TPSA) is 74.9 Å². The predicted octanol–water partition coefficient (Wildman–Crippen LogP) is 6.25. The number of piperazine rings is 1. The van der Waals surface area contributed by atoms with Crippen molar-refractivity contribution in [2.75, 3.05) is 44.2 Å². The molecule has 38 heavy (non-hydrogen) atoms. The first-order valence-electron chi connectivity index (χ1n) is 12.6. The second kappa shape index (κ2) is 13.4. The molecule has 7 nitrogen and oxygen atoms in total. The molecule has 200 valence electrons. The number of aliphatic hydroxyl groups excluding tert-OH is 1. The summed E-state index contributed by atoms with van der Waals surface area (Å²) >= 11 is 3.16. The van der Waals surface area contributed by atoms with Crippen LogP contribution in [0.3, 0.4) is 0 Å². The van der Waals surface area contributed by atoms with Crippen molar-refractivity contribution < 1.29 is 15.8 Å². The molecule has 9 heteroatoms. The Kier molecular flexibility index (Phi) is 9.73. The van der Waals surface area contributed by atoms with Crippen LogP contribution in [-0.2, 0) is 0 Å². The molecule has 1 aliphatic rings. The number of nitrogens with zero attached hydrogens (tertiary/aromatic N) is 4. The van der Waals surface area contributed by atoms with E-state index >= 15 is 0 Å². The summed E-state index contributed by atoms with van der Waals surface area (Å²) in [5, 5.41) is 18.0. The lowest BCUT2D eigenvalue weighted by atomic mass is 10.1. The van der Waals surface area contributed by atoms with Gasteiger partial charge in [-0.15, -0.1) is 24.2 Å². The number of hydrogen-bond acceptors (Lipinski definition) is 9. The first-order chi connectivity index (χ1) is 18.7. The second-order valence-corrected chi connectivity index (χ2v) is 10.1. The van der Waals surface area contributed by atoms with Gasteiger partial charge in [0.15, 0.2) is 5.58 Å². The molecule has 0 bridgehead atoms. The molecule has 0 radical (unpaired) electrons. The number of aliphatic hydroxyl groups is 1. The van der Waals surface area contributed by atoms with Crippen LogP contribution < -0.4 is 9.64 Å². The molecule has 1 fully saturated rings. The summed E-state index contributed by atoms with van der Waals surface area (Å²) in [5.74, 6) is 1.79. The van der Waals surface area contributed by atoms with Gasteiger partial charge >= 0.3 is 0 Å². The molecule has 4 heterocycles. The van der Waals surface area contributed by atoms with E-state index in [-0.39, 0.29) is 8.03 Å². The van der Waals surface area contributed by atoms with Crippen LogP contribution in [0.25, 0.3) is 31.6 Å². The van der Waals surface area contributed by atoms with E-state index in [4.69, 9.17) is 9.26 Å². The molecular formula is C29H34N4O3S2. The van der Waals surface area contributed by atoms with Gasteiger partial charge in [-0.2, -0.15) is 4.37 Å². The third kappa shape index (κ3) is 6.17. The Labute approximate surface area is 232 Å². The molecule has 3 aromatic heterocycles. The van der Waals surface area contributed by atoms with Gasteiger partial charge in [0.1, 0.15) is 34.7 Å². The SMILES string of the molecule is C#C.CC.O[C@@H](COc1cccc(-c2noc3ccsc23)c1)CN1CCN(c2nsc3ccccc23)CC1.[HH]. The average molecular weight is 551 g/mol. The quantitative estimate of drug-likeness (QED) is 0.240. The summed E-state index contributed by atoms with van der Waals surface area (Å²) in [4.78, 5) is 4.64. The third-order valence-electron chi connectivity index (χ3n) is 6.13. The second-order valence-electron chi connectivity index (χ2n) is 8.43. The molecule has 0 aliphatic carbocycles. The number of benzene rings is 2. The van der Waals surface area contributed by atoms with Crippen molar-refractivity contribution in [1.82, 2.24) is 14.4 Å². The molecule has 2 aromatic carbocycles. The number of β-amino-alcohol motifs (C(OH)–C–C–N with tert-alkyl or cyclic N) is 1. The minimum absolute atomic E-state index is 0. The van der Waals surface area contributed by atoms with E-state index in [9.17, 15) is 5.11 Å². The normalized spacial score (nSPS) is 14.4. The zero-order valence-electron chi connectivity index (χ0n) is 21.6. The van der Waals surface area contributed by atoms with Gasteiger partial charge in [-0.05, 0) is 47.2 Å². The van der Waals surface area contributed by atoms with E-state index in [1.54, 1.807) is 22.9 Å². The number of ether oxygens (including phenoxy) is 1. The van der Waals surface area contributed by atoms with Crippen molar-refractivity contribution in [3.8, 4) is 29.9 Å². The summed E-state index contributed by atoms with van der Waals surface area (Å²) in [6.45, 7) is 8.41. The molecule has 6 rings (SSSR count). The summed E-state index contributed by atoms with van der Waals surface area (Å²) in [7, 11) is 0. The molecule has 1 saturated heterocycles. The standard InChI is InChI=1S/C25H24N4O3S2.C2H6.C2H2.H2/c30-18(15-28-9-11-29(12-10-28)25-20-6-1-2-7-22(20)34-27-25)16-31-19-5-3-4-17(14-19)23-24-21(32-26-23)8-13-33-24;2*1-2;/h1-8,13-14,18,30H,9-12,15-16H2;1-2H3;1-2H;1H/t18-;;;/m1.../s1. The van der Waals surface area contributed by atoms with Gasteiger partial charge in [0.2, 0.25) is 0 Å². The molecule has 0 spiro atoms. The van der Waals surface area contributed by atoms with Gasteiger partial charge in [-0.25, -0.2) is 0 Å². The van der Waals surface area contributed by atoms with E-state index in [0.29, 0.717) is 12.3 Å². The van der Waals surface area contributed by atoms with Crippen LogP contribution in [0.15, 0.2) is 64.5 Å². The largest absolute Gasteiger partial charge is 0.491 e. The van der Waals surface area contributed by atoms with Gasteiger partial charge < -0.3 is 19.3 Å². The lowest BCUT2D eigenvalue weighted by Crippen LogP contribution is -2.49. The molecule has 1 aliphatic heterocycles. The Hall–Kier alpha value is -3.42. The molecule has 5 aromatic rings. The van der Waals surface area contributed by atoms with E-state index in [1.165, 1.54) is 10.1 Å². The van der Waals surface area contributed by atoms with Gasteiger partial charge in [0, 0.05) is 45.1 Å². The van der Waals surface area contributed by atoms with Crippen molar-refractivity contribution >= 4 is 49.1 Å². The number of anilines is 1. The molecule has 1 atom stereocenters. The van der Waals surface area contributed by atoms with Crippen LogP contribution in [0.2, 0.25) is 0 Å². The Morgan fingerprint density at radius 1 is 1.08 bits per heavy atom. The smallest absolute Gasteiger partial charge is 0.178 e. The van der Waals surface area contributed by atoms with Crippen LogP contribution >= 0.6 is 22.9 Å². The zero-order chi connectivity index (χ0) is 26.9. The first-order valence-corrected chi connectivity index (χ1v) is 14.3. The van der Waals surface area contributed by atoms with Crippen LogP contribution in [0, 0.1) is 12.8 Å². The Balaban J connectivity index is 0.000000805. The predicted molar refractivity (Wildman–Crippen MR) is 160 cm³/mol.